The van der Waals surface area contributed by atoms with E-state index in [1.54, 1.807) is 0 Å². The Bertz CT molecular complexity index is 673. The van der Waals surface area contributed by atoms with Crippen molar-refractivity contribution < 1.29 is 0 Å². The highest BCUT2D eigenvalue weighted by Crippen LogP contribution is 2.34. The maximum atomic E-state index is 2.20. The molecule has 0 aliphatic carbocycles. The standard InChI is InChI=1S/C19H16.H2S/c1-15-9-8-14-18(16-10-4-2-5-11-16)19(15)17-12-6-3-7-13-17;/h2-14H,1H3;1H2. The Hall–Kier alpha value is -1.99. The van der Waals surface area contributed by atoms with Gasteiger partial charge in [-0.1, -0.05) is 78.9 Å². The largest absolute Gasteiger partial charge is 0.197 e. The van der Waals surface area contributed by atoms with E-state index >= 15 is 0 Å². The van der Waals surface area contributed by atoms with Crippen LogP contribution in [0.5, 0.6) is 0 Å². The van der Waals surface area contributed by atoms with Crippen LogP contribution in [0.3, 0.4) is 0 Å². The Morgan fingerprint density at radius 2 is 1.10 bits per heavy atom. The average molecular weight is 278 g/mol. The minimum Gasteiger partial charge on any atom is -0.197 e. The summed E-state index contributed by atoms with van der Waals surface area (Å²) in [5.41, 5.74) is 6.48. The molecule has 0 aromatic heterocycles. The summed E-state index contributed by atoms with van der Waals surface area (Å²) in [6, 6.07) is 27.7. The van der Waals surface area contributed by atoms with Gasteiger partial charge >= 0.3 is 0 Å². The van der Waals surface area contributed by atoms with E-state index in [2.05, 4.69) is 85.8 Å². The lowest BCUT2D eigenvalue weighted by Crippen LogP contribution is -1.88. The number of rotatable bonds is 2. The molecule has 0 aliphatic heterocycles. The molecule has 1 heteroatoms. The first-order valence-corrected chi connectivity index (χ1v) is 6.57. The number of hydrogen-bond donors (Lipinski definition) is 0. The highest BCUT2D eigenvalue weighted by molar-refractivity contribution is 7.59. The van der Waals surface area contributed by atoms with Crippen LogP contribution in [0.25, 0.3) is 22.3 Å². The molecular formula is C19H18S. The molecule has 0 fully saturated rings. The molecule has 20 heavy (non-hydrogen) atoms. The zero-order chi connectivity index (χ0) is 13.1. The Morgan fingerprint density at radius 3 is 1.70 bits per heavy atom. The van der Waals surface area contributed by atoms with Crippen LogP contribution in [0.1, 0.15) is 5.56 Å². The third-order valence-corrected chi connectivity index (χ3v) is 3.42. The topological polar surface area (TPSA) is 0 Å². The highest BCUT2D eigenvalue weighted by atomic mass is 32.1. The summed E-state index contributed by atoms with van der Waals surface area (Å²) in [5, 5.41) is 0. The van der Waals surface area contributed by atoms with Crippen LogP contribution in [0.2, 0.25) is 0 Å². The summed E-state index contributed by atoms with van der Waals surface area (Å²) >= 11 is 0. The summed E-state index contributed by atoms with van der Waals surface area (Å²) in [6.45, 7) is 2.18. The molecule has 3 rings (SSSR count). The van der Waals surface area contributed by atoms with Crippen molar-refractivity contribution in [2.24, 2.45) is 0 Å². The summed E-state index contributed by atoms with van der Waals surface area (Å²) in [4.78, 5) is 0. The normalized spacial score (nSPS) is 9.85. The third kappa shape index (κ3) is 2.78. The van der Waals surface area contributed by atoms with Gasteiger partial charge in [-0.3, -0.25) is 0 Å². The summed E-state index contributed by atoms with van der Waals surface area (Å²) in [5.74, 6) is 0. The number of hydrogen-bond acceptors (Lipinski definition) is 0. The number of benzene rings is 3. The van der Waals surface area contributed by atoms with Crippen LogP contribution < -0.4 is 0 Å². The lowest BCUT2D eigenvalue weighted by molar-refractivity contribution is 1.45. The monoisotopic (exact) mass is 278 g/mol. The van der Waals surface area contributed by atoms with Gasteiger partial charge < -0.3 is 0 Å². The van der Waals surface area contributed by atoms with E-state index in [0.29, 0.717) is 0 Å². The molecule has 0 saturated heterocycles. The van der Waals surface area contributed by atoms with E-state index in [1.165, 1.54) is 27.8 Å². The van der Waals surface area contributed by atoms with Gasteiger partial charge in [0.1, 0.15) is 0 Å². The van der Waals surface area contributed by atoms with E-state index < -0.39 is 0 Å². The Kier molecular flexibility index (Phi) is 4.65. The maximum absolute atomic E-state index is 2.20. The van der Waals surface area contributed by atoms with Gasteiger partial charge in [-0.2, -0.15) is 13.5 Å². The van der Waals surface area contributed by atoms with Crippen molar-refractivity contribution in [1.82, 2.24) is 0 Å². The van der Waals surface area contributed by atoms with Crippen LogP contribution in [0.15, 0.2) is 78.9 Å². The van der Waals surface area contributed by atoms with Crippen LogP contribution in [-0.2, 0) is 0 Å². The van der Waals surface area contributed by atoms with Crippen molar-refractivity contribution >= 4 is 13.5 Å². The second-order valence-electron chi connectivity index (χ2n) is 4.73. The minimum atomic E-state index is 0. The van der Waals surface area contributed by atoms with Gasteiger partial charge in [0.2, 0.25) is 0 Å². The molecule has 0 aliphatic rings. The first-order chi connectivity index (χ1) is 9.36. The van der Waals surface area contributed by atoms with Crippen molar-refractivity contribution in [3.8, 4) is 22.3 Å². The van der Waals surface area contributed by atoms with Gasteiger partial charge in [-0.05, 0) is 34.7 Å². The van der Waals surface area contributed by atoms with E-state index in [0.717, 1.165) is 0 Å². The molecule has 0 saturated carbocycles. The predicted octanol–water partition coefficient (Wildman–Crippen LogP) is 5.44. The van der Waals surface area contributed by atoms with Gasteiger partial charge in [0.05, 0.1) is 0 Å². The molecule has 0 amide bonds. The smallest absolute Gasteiger partial charge is 0.00761 e. The summed E-state index contributed by atoms with van der Waals surface area (Å²) in [6.07, 6.45) is 0. The van der Waals surface area contributed by atoms with E-state index in [-0.39, 0.29) is 13.5 Å². The summed E-state index contributed by atoms with van der Waals surface area (Å²) in [7, 11) is 0. The van der Waals surface area contributed by atoms with E-state index in [4.69, 9.17) is 0 Å². The van der Waals surface area contributed by atoms with Crippen molar-refractivity contribution in [1.29, 1.82) is 0 Å². The fourth-order valence-electron chi connectivity index (χ4n) is 2.51. The van der Waals surface area contributed by atoms with Crippen molar-refractivity contribution in [3.63, 3.8) is 0 Å². The zero-order valence-electron chi connectivity index (χ0n) is 11.5. The molecule has 0 radical (unpaired) electrons. The molecular weight excluding hydrogens is 260 g/mol. The van der Waals surface area contributed by atoms with Gasteiger partial charge in [0.25, 0.3) is 0 Å². The van der Waals surface area contributed by atoms with Crippen LogP contribution in [-0.4, -0.2) is 0 Å². The van der Waals surface area contributed by atoms with Crippen LogP contribution >= 0.6 is 13.5 Å². The van der Waals surface area contributed by atoms with Crippen molar-refractivity contribution in [3.05, 3.63) is 84.4 Å². The predicted molar refractivity (Wildman–Crippen MR) is 92.4 cm³/mol. The number of aryl methyl sites for hydroxylation is 1. The molecule has 0 unspecified atom stereocenters. The molecule has 100 valence electrons. The first-order valence-electron chi connectivity index (χ1n) is 6.57. The molecule has 0 nitrogen and oxygen atoms in total. The van der Waals surface area contributed by atoms with Gasteiger partial charge in [-0.25, -0.2) is 0 Å². The maximum Gasteiger partial charge on any atom is -0.00761 e. The van der Waals surface area contributed by atoms with E-state index in [9.17, 15) is 0 Å². The van der Waals surface area contributed by atoms with Gasteiger partial charge in [0.15, 0.2) is 0 Å². The van der Waals surface area contributed by atoms with Crippen molar-refractivity contribution in [2.45, 2.75) is 6.92 Å². The van der Waals surface area contributed by atoms with Crippen molar-refractivity contribution in [2.75, 3.05) is 0 Å². The lowest BCUT2D eigenvalue weighted by Gasteiger charge is -2.13. The van der Waals surface area contributed by atoms with Gasteiger partial charge in [-0.15, -0.1) is 0 Å². The first kappa shape index (κ1) is 14.4. The second kappa shape index (κ2) is 6.44. The average Bonchev–Trinajstić information content (AvgIpc) is 2.49. The van der Waals surface area contributed by atoms with Crippen LogP contribution in [0.4, 0.5) is 0 Å². The molecule has 0 atom stereocenters. The Morgan fingerprint density at radius 1 is 0.550 bits per heavy atom. The zero-order valence-corrected chi connectivity index (χ0v) is 12.5. The highest BCUT2D eigenvalue weighted by Gasteiger charge is 2.09. The molecule has 0 heterocycles. The Labute approximate surface area is 127 Å². The molecule has 3 aromatic rings. The minimum absolute atomic E-state index is 0. The molecule has 0 bridgehead atoms. The Balaban J connectivity index is 0.00000147. The fourth-order valence-corrected chi connectivity index (χ4v) is 2.51. The molecule has 0 N–H and O–H groups in total. The molecule has 0 spiro atoms. The van der Waals surface area contributed by atoms with Crippen LogP contribution in [0, 0.1) is 6.92 Å². The lowest BCUT2D eigenvalue weighted by atomic mass is 9.91. The quantitative estimate of drug-likeness (QED) is 0.585. The second-order valence-corrected chi connectivity index (χ2v) is 4.73. The third-order valence-electron chi connectivity index (χ3n) is 3.42. The fraction of sp³-hybridized carbons (Fsp3) is 0.0526. The van der Waals surface area contributed by atoms with E-state index in [1.807, 2.05) is 0 Å². The molecule has 3 aromatic carbocycles. The summed E-state index contributed by atoms with van der Waals surface area (Å²) < 4.78 is 0. The van der Waals surface area contributed by atoms with Gasteiger partial charge in [0, 0.05) is 0 Å². The SMILES string of the molecule is Cc1cccc(-c2ccccc2)c1-c1ccccc1.S.